The normalized spacial score (nSPS) is 21.6. The molecule has 0 saturated carbocycles. The molecule has 14 heavy (non-hydrogen) atoms. The average molecular weight is 275 g/mol. The van der Waals surface area contributed by atoms with Crippen LogP contribution in [0.5, 0.6) is 0 Å². The van der Waals surface area contributed by atoms with E-state index < -0.39 is 0 Å². The Labute approximate surface area is 97.2 Å². The van der Waals surface area contributed by atoms with Crippen LogP contribution in [0, 0.1) is 0 Å². The van der Waals surface area contributed by atoms with Gasteiger partial charge in [0, 0.05) is 33.9 Å². The van der Waals surface area contributed by atoms with Gasteiger partial charge in [-0.3, -0.25) is 0 Å². The van der Waals surface area contributed by atoms with Crippen molar-refractivity contribution in [3.05, 3.63) is 20.8 Å². The maximum Gasteiger partial charge on any atom is 0.0300 e. The summed E-state index contributed by atoms with van der Waals surface area (Å²) in [5, 5.41) is 9.09. The molecular formula is C10H15BrN2S. The van der Waals surface area contributed by atoms with Crippen molar-refractivity contribution in [2.45, 2.75) is 25.4 Å². The Morgan fingerprint density at radius 1 is 1.64 bits per heavy atom. The Kier molecular flexibility index (Phi) is 3.99. The van der Waals surface area contributed by atoms with Gasteiger partial charge in [-0.15, -0.1) is 11.3 Å². The number of hydrogen-bond acceptors (Lipinski definition) is 3. The maximum absolute atomic E-state index is 3.48. The number of rotatable bonds is 4. The third-order valence-corrected chi connectivity index (χ3v) is 4.17. The van der Waals surface area contributed by atoms with E-state index in [2.05, 4.69) is 38.0 Å². The standard InChI is InChI=1S/C10H15BrN2S/c11-8-4-10(14-7-8)6-12-5-9-2-1-3-13-9/h4,7,9,12-13H,1-3,5-6H2. The largest absolute Gasteiger partial charge is 0.313 e. The predicted molar refractivity (Wildman–Crippen MR) is 64.8 cm³/mol. The molecule has 78 valence electrons. The Bertz CT molecular complexity index is 281. The van der Waals surface area contributed by atoms with E-state index in [1.807, 2.05) is 0 Å². The van der Waals surface area contributed by atoms with Crippen molar-refractivity contribution in [2.24, 2.45) is 0 Å². The van der Waals surface area contributed by atoms with Crippen LogP contribution in [0.25, 0.3) is 0 Å². The summed E-state index contributed by atoms with van der Waals surface area (Å²) in [5.41, 5.74) is 0. The highest BCUT2D eigenvalue weighted by Gasteiger charge is 2.12. The van der Waals surface area contributed by atoms with Crippen LogP contribution in [0.15, 0.2) is 15.9 Å². The van der Waals surface area contributed by atoms with Crippen molar-refractivity contribution in [3.8, 4) is 0 Å². The minimum absolute atomic E-state index is 0.693. The molecule has 0 bridgehead atoms. The molecule has 0 radical (unpaired) electrons. The topological polar surface area (TPSA) is 24.1 Å². The molecule has 4 heteroatoms. The van der Waals surface area contributed by atoms with Crippen LogP contribution in [-0.4, -0.2) is 19.1 Å². The van der Waals surface area contributed by atoms with E-state index in [9.17, 15) is 0 Å². The second-order valence-corrected chi connectivity index (χ2v) is 5.57. The third-order valence-electron chi connectivity index (χ3n) is 2.47. The number of halogens is 1. The number of nitrogens with one attached hydrogen (secondary N) is 2. The van der Waals surface area contributed by atoms with Crippen molar-refractivity contribution >= 4 is 27.3 Å². The van der Waals surface area contributed by atoms with E-state index >= 15 is 0 Å². The van der Waals surface area contributed by atoms with E-state index in [-0.39, 0.29) is 0 Å². The van der Waals surface area contributed by atoms with Gasteiger partial charge in [-0.1, -0.05) is 0 Å². The molecule has 1 aliphatic heterocycles. The molecule has 2 N–H and O–H groups in total. The van der Waals surface area contributed by atoms with Gasteiger partial charge < -0.3 is 10.6 Å². The van der Waals surface area contributed by atoms with Crippen LogP contribution in [0.1, 0.15) is 17.7 Å². The zero-order valence-electron chi connectivity index (χ0n) is 8.05. The Hall–Kier alpha value is 0.1000. The van der Waals surface area contributed by atoms with Gasteiger partial charge in [-0.2, -0.15) is 0 Å². The number of hydrogen-bond donors (Lipinski definition) is 2. The van der Waals surface area contributed by atoms with Gasteiger partial charge in [-0.05, 0) is 41.4 Å². The van der Waals surface area contributed by atoms with Gasteiger partial charge in [0.25, 0.3) is 0 Å². The van der Waals surface area contributed by atoms with Crippen LogP contribution in [0.2, 0.25) is 0 Å². The van der Waals surface area contributed by atoms with Gasteiger partial charge >= 0.3 is 0 Å². The first-order valence-corrected chi connectivity index (χ1v) is 6.69. The quantitative estimate of drug-likeness (QED) is 0.881. The minimum atomic E-state index is 0.693. The molecule has 2 rings (SSSR count). The molecule has 1 aromatic heterocycles. The fourth-order valence-electron chi connectivity index (χ4n) is 1.75. The van der Waals surface area contributed by atoms with Crippen LogP contribution < -0.4 is 10.6 Å². The molecule has 1 aromatic rings. The van der Waals surface area contributed by atoms with Crippen LogP contribution in [0.4, 0.5) is 0 Å². The highest BCUT2D eigenvalue weighted by atomic mass is 79.9. The lowest BCUT2D eigenvalue weighted by Gasteiger charge is -2.10. The maximum atomic E-state index is 3.48. The van der Waals surface area contributed by atoms with Crippen LogP contribution in [0.3, 0.4) is 0 Å². The lowest BCUT2D eigenvalue weighted by Crippen LogP contribution is -2.33. The molecule has 1 atom stereocenters. The molecule has 1 aliphatic rings. The predicted octanol–water partition coefficient (Wildman–Crippen LogP) is 2.35. The van der Waals surface area contributed by atoms with Crippen molar-refractivity contribution in [2.75, 3.05) is 13.1 Å². The summed E-state index contributed by atoms with van der Waals surface area (Å²) < 4.78 is 1.19. The Balaban J connectivity index is 1.67. The minimum Gasteiger partial charge on any atom is -0.313 e. The first-order valence-electron chi connectivity index (χ1n) is 5.01. The zero-order chi connectivity index (χ0) is 9.80. The SMILES string of the molecule is Brc1csc(CNCC2CCCN2)c1. The van der Waals surface area contributed by atoms with Gasteiger partial charge in [0.15, 0.2) is 0 Å². The third kappa shape index (κ3) is 3.05. The Morgan fingerprint density at radius 3 is 3.21 bits per heavy atom. The summed E-state index contributed by atoms with van der Waals surface area (Å²) in [7, 11) is 0. The monoisotopic (exact) mass is 274 g/mol. The number of thiophene rings is 1. The van der Waals surface area contributed by atoms with Gasteiger partial charge in [0.2, 0.25) is 0 Å². The summed E-state index contributed by atoms with van der Waals surface area (Å²) in [6.07, 6.45) is 2.65. The van der Waals surface area contributed by atoms with Crippen molar-refractivity contribution in [3.63, 3.8) is 0 Å². The van der Waals surface area contributed by atoms with E-state index in [1.165, 1.54) is 28.7 Å². The molecule has 2 heterocycles. The first kappa shape index (κ1) is 10.6. The van der Waals surface area contributed by atoms with E-state index in [0.717, 1.165) is 13.1 Å². The van der Waals surface area contributed by atoms with E-state index in [4.69, 9.17) is 0 Å². The molecule has 0 amide bonds. The fourth-order valence-corrected chi connectivity index (χ4v) is 3.17. The van der Waals surface area contributed by atoms with Crippen LogP contribution >= 0.6 is 27.3 Å². The molecule has 1 saturated heterocycles. The molecule has 2 nitrogen and oxygen atoms in total. The summed E-state index contributed by atoms with van der Waals surface area (Å²) in [5.74, 6) is 0. The summed E-state index contributed by atoms with van der Waals surface area (Å²) >= 11 is 5.26. The summed E-state index contributed by atoms with van der Waals surface area (Å²) in [6, 6.07) is 2.87. The summed E-state index contributed by atoms with van der Waals surface area (Å²) in [6.45, 7) is 3.28. The molecule has 0 aliphatic carbocycles. The highest BCUT2D eigenvalue weighted by Crippen LogP contribution is 2.19. The lowest BCUT2D eigenvalue weighted by molar-refractivity contribution is 0.537. The van der Waals surface area contributed by atoms with Gasteiger partial charge in [0.05, 0.1) is 0 Å². The first-order chi connectivity index (χ1) is 6.84. The Morgan fingerprint density at radius 2 is 2.57 bits per heavy atom. The second kappa shape index (κ2) is 5.26. The fraction of sp³-hybridized carbons (Fsp3) is 0.600. The lowest BCUT2D eigenvalue weighted by atomic mass is 10.2. The smallest absolute Gasteiger partial charge is 0.0300 e. The zero-order valence-corrected chi connectivity index (χ0v) is 10.5. The molecule has 0 spiro atoms. The van der Waals surface area contributed by atoms with Crippen LogP contribution in [-0.2, 0) is 6.54 Å². The van der Waals surface area contributed by atoms with Crippen molar-refractivity contribution in [1.29, 1.82) is 0 Å². The van der Waals surface area contributed by atoms with Crippen molar-refractivity contribution in [1.82, 2.24) is 10.6 Å². The average Bonchev–Trinajstić information content (AvgIpc) is 2.77. The second-order valence-electron chi connectivity index (χ2n) is 3.66. The van der Waals surface area contributed by atoms with E-state index in [0.29, 0.717) is 6.04 Å². The van der Waals surface area contributed by atoms with E-state index in [1.54, 1.807) is 11.3 Å². The van der Waals surface area contributed by atoms with Gasteiger partial charge in [-0.25, -0.2) is 0 Å². The molecule has 1 fully saturated rings. The highest BCUT2D eigenvalue weighted by molar-refractivity contribution is 9.10. The van der Waals surface area contributed by atoms with Crippen molar-refractivity contribution < 1.29 is 0 Å². The summed E-state index contributed by atoms with van der Waals surface area (Å²) in [4.78, 5) is 1.40. The van der Waals surface area contributed by atoms with Gasteiger partial charge in [0.1, 0.15) is 0 Å². The molecular weight excluding hydrogens is 260 g/mol. The molecule has 0 aromatic carbocycles. The molecule has 1 unspecified atom stereocenters.